The summed E-state index contributed by atoms with van der Waals surface area (Å²) >= 11 is 0. The predicted molar refractivity (Wildman–Crippen MR) is 90.2 cm³/mol. The van der Waals surface area contributed by atoms with Crippen LogP contribution in [0.1, 0.15) is 0 Å². The molecule has 0 unspecified atom stereocenters. The lowest BCUT2D eigenvalue weighted by molar-refractivity contribution is 0.463. The zero-order valence-electron chi connectivity index (χ0n) is 12.5. The van der Waals surface area contributed by atoms with Crippen LogP contribution in [0.2, 0.25) is 0 Å². The van der Waals surface area contributed by atoms with Gasteiger partial charge >= 0.3 is 0 Å². The number of nitrogens with one attached hydrogen (secondary N) is 1. The zero-order chi connectivity index (χ0) is 16.5. The molecule has 118 valence electrons. The van der Waals surface area contributed by atoms with Crippen LogP contribution in [-0.2, 0) is 0 Å². The van der Waals surface area contributed by atoms with Crippen LogP contribution in [0.5, 0.6) is 11.6 Å². The second-order valence-corrected chi connectivity index (χ2v) is 5.28. The Morgan fingerprint density at radius 2 is 1.83 bits per heavy atom. The van der Waals surface area contributed by atoms with E-state index in [9.17, 15) is 4.39 Å². The summed E-state index contributed by atoms with van der Waals surface area (Å²) in [6.07, 6.45) is 1.40. The minimum absolute atomic E-state index is 0.0724. The van der Waals surface area contributed by atoms with E-state index >= 15 is 0 Å². The van der Waals surface area contributed by atoms with Gasteiger partial charge in [-0.25, -0.2) is 14.4 Å². The van der Waals surface area contributed by atoms with E-state index in [0.717, 1.165) is 11.3 Å². The van der Waals surface area contributed by atoms with Crippen molar-refractivity contribution in [2.45, 2.75) is 0 Å². The van der Waals surface area contributed by atoms with Crippen molar-refractivity contribution in [2.75, 3.05) is 5.73 Å². The predicted octanol–water partition coefficient (Wildman–Crippen LogP) is 4.14. The smallest absolute Gasteiger partial charge is 0.231 e. The topological polar surface area (TPSA) is 76.8 Å². The molecule has 0 amide bonds. The summed E-state index contributed by atoms with van der Waals surface area (Å²) in [5.41, 5.74) is 8.13. The molecule has 0 aliphatic carbocycles. The van der Waals surface area contributed by atoms with Crippen LogP contribution >= 0.6 is 0 Å². The quantitative estimate of drug-likeness (QED) is 0.556. The maximum absolute atomic E-state index is 13.6. The maximum atomic E-state index is 13.6. The van der Waals surface area contributed by atoms with E-state index in [2.05, 4.69) is 15.0 Å². The molecule has 3 N–H and O–H groups in total. The molecule has 0 fully saturated rings. The Balaban J connectivity index is 1.76. The monoisotopic (exact) mass is 320 g/mol. The highest BCUT2D eigenvalue weighted by molar-refractivity contribution is 5.87. The number of ether oxygens (including phenoxy) is 1. The van der Waals surface area contributed by atoms with E-state index in [0.29, 0.717) is 22.7 Å². The molecule has 0 spiro atoms. The van der Waals surface area contributed by atoms with Gasteiger partial charge < -0.3 is 15.5 Å². The third kappa shape index (κ3) is 2.54. The number of aromatic amines is 1. The van der Waals surface area contributed by atoms with Crippen LogP contribution in [0.25, 0.3) is 22.3 Å². The minimum atomic E-state index is -0.531. The highest BCUT2D eigenvalue weighted by Crippen LogP contribution is 2.31. The van der Waals surface area contributed by atoms with E-state index in [1.54, 1.807) is 6.07 Å². The molecule has 5 nitrogen and oxygen atoms in total. The van der Waals surface area contributed by atoms with Gasteiger partial charge in [0.2, 0.25) is 5.88 Å². The molecule has 2 aromatic carbocycles. The summed E-state index contributed by atoms with van der Waals surface area (Å²) in [4.78, 5) is 11.6. The number of aromatic nitrogens is 3. The van der Waals surface area contributed by atoms with Crippen molar-refractivity contribution in [3.05, 3.63) is 66.7 Å². The van der Waals surface area contributed by atoms with Crippen molar-refractivity contribution in [1.82, 2.24) is 15.0 Å². The summed E-state index contributed by atoms with van der Waals surface area (Å²) in [6, 6.07) is 16.1. The molecular weight excluding hydrogens is 307 g/mol. The van der Waals surface area contributed by atoms with E-state index < -0.39 is 5.82 Å². The van der Waals surface area contributed by atoms with Gasteiger partial charge in [-0.05, 0) is 23.8 Å². The summed E-state index contributed by atoms with van der Waals surface area (Å²) in [5, 5.41) is 0.716. The van der Waals surface area contributed by atoms with E-state index in [-0.39, 0.29) is 5.69 Å². The van der Waals surface area contributed by atoms with Crippen LogP contribution in [-0.4, -0.2) is 15.0 Å². The first kappa shape index (κ1) is 14.2. The fourth-order valence-corrected chi connectivity index (χ4v) is 2.45. The third-order valence-corrected chi connectivity index (χ3v) is 3.66. The summed E-state index contributed by atoms with van der Waals surface area (Å²) in [5.74, 6) is 0.142. The Morgan fingerprint density at radius 3 is 2.62 bits per heavy atom. The van der Waals surface area contributed by atoms with Gasteiger partial charge in [0.25, 0.3) is 0 Å². The Hall–Kier alpha value is -3.41. The number of H-pyrrole nitrogens is 1. The van der Waals surface area contributed by atoms with Gasteiger partial charge in [0.1, 0.15) is 23.5 Å². The maximum Gasteiger partial charge on any atom is 0.231 e. The number of halogens is 1. The number of fused-ring (bicyclic) bond motifs is 1. The average Bonchev–Trinajstić information content (AvgIpc) is 3.04. The first-order valence-corrected chi connectivity index (χ1v) is 7.33. The van der Waals surface area contributed by atoms with Crippen molar-refractivity contribution in [1.29, 1.82) is 0 Å². The van der Waals surface area contributed by atoms with Crippen molar-refractivity contribution < 1.29 is 9.13 Å². The average molecular weight is 320 g/mol. The number of anilines is 1. The highest BCUT2D eigenvalue weighted by Gasteiger charge is 2.12. The number of benzene rings is 2. The molecule has 4 aromatic rings. The van der Waals surface area contributed by atoms with Crippen LogP contribution in [0, 0.1) is 5.82 Å². The molecule has 0 aliphatic heterocycles. The van der Waals surface area contributed by atoms with Gasteiger partial charge in [-0.15, -0.1) is 0 Å². The first-order valence-electron chi connectivity index (χ1n) is 7.33. The van der Waals surface area contributed by atoms with Crippen LogP contribution in [0.4, 0.5) is 10.1 Å². The number of nitrogens with two attached hydrogens (primary N) is 1. The number of hydrogen-bond donors (Lipinski definition) is 2. The molecule has 0 bridgehead atoms. The van der Waals surface area contributed by atoms with Crippen LogP contribution < -0.4 is 10.5 Å². The molecular formula is C18H13FN4O. The molecule has 0 radical (unpaired) electrons. The molecule has 24 heavy (non-hydrogen) atoms. The van der Waals surface area contributed by atoms with Gasteiger partial charge in [-0.2, -0.15) is 0 Å². The zero-order valence-corrected chi connectivity index (χ0v) is 12.5. The molecule has 4 rings (SSSR count). The van der Waals surface area contributed by atoms with Crippen molar-refractivity contribution in [3.8, 4) is 22.9 Å². The Morgan fingerprint density at radius 1 is 1.00 bits per heavy atom. The number of nitrogens with zero attached hydrogens (tertiary/aromatic N) is 2. The first-order chi connectivity index (χ1) is 11.7. The lowest BCUT2D eigenvalue weighted by Crippen LogP contribution is -1.93. The largest absolute Gasteiger partial charge is 0.438 e. The molecule has 0 saturated heterocycles. The SMILES string of the molecule is Nc1ccc(Oc2ncnc3[nH]c(-c4ccccc4)cc23)cc1F. The third-order valence-electron chi connectivity index (χ3n) is 3.66. The lowest BCUT2D eigenvalue weighted by atomic mass is 10.1. The molecule has 0 saturated carbocycles. The number of rotatable bonds is 3. The van der Waals surface area contributed by atoms with Crippen molar-refractivity contribution >= 4 is 16.7 Å². The minimum Gasteiger partial charge on any atom is -0.438 e. The normalized spacial score (nSPS) is 10.9. The fourth-order valence-electron chi connectivity index (χ4n) is 2.45. The van der Waals surface area contributed by atoms with Crippen LogP contribution in [0.15, 0.2) is 60.9 Å². The summed E-state index contributed by atoms with van der Waals surface area (Å²) in [7, 11) is 0. The molecule has 2 aromatic heterocycles. The van der Waals surface area contributed by atoms with E-state index in [1.807, 2.05) is 36.4 Å². The molecule has 0 aliphatic rings. The summed E-state index contributed by atoms with van der Waals surface area (Å²) < 4.78 is 19.3. The number of nitrogen functional groups attached to an aromatic ring is 1. The van der Waals surface area contributed by atoms with Crippen molar-refractivity contribution in [3.63, 3.8) is 0 Å². The number of hydrogen-bond acceptors (Lipinski definition) is 4. The summed E-state index contributed by atoms with van der Waals surface area (Å²) in [6.45, 7) is 0. The Kier molecular flexibility index (Phi) is 3.35. The molecule has 0 atom stereocenters. The van der Waals surface area contributed by atoms with E-state index in [1.165, 1.54) is 18.5 Å². The fraction of sp³-hybridized carbons (Fsp3) is 0. The van der Waals surface area contributed by atoms with E-state index in [4.69, 9.17) is 10.5 Å². The second kappa shape index (κ2) is 5.66. The standard InChI is InChI=1S/C18H13FN4O/c19-14-8-12(6-7-15(14)20)24-18-13-9-16(11-4-2-1-3-5-11)23-17(13)21-10-22-18/h1-10H,20H2,(H,21,22,23). The van der Waals surface area contributed by atoms with Gasteiger partial charge in [0, 0.05) is 11.8 Å². The van der Waals surface area contributed by atoms with Crippen LogP contribution in [0.3, 0.4) is 0 Å². The Labute approximate surface area is 136 Å². The lowest BCUT2D eigenvalue weighted by Gasteiger charge is -2.06. The second-order valence-electron chi connectivity index (χ2n) is 5.28. The molecule has 2 heterocycles. The Bertz CT molecular complexity index is 1010. The highest BCUT2D eigenvalue weighted by atomic mass is 19.1. The van der Waals surface area contributed by atoms with Gasteiger partial charge in [0.15, 0.2) is 0 Å². The van der Waals surface area contributed by atoms with Crippen molar-refractivity contribution in [2.24, 2.45) is 0 Å². The molecule has 6 heteroatoms. The van der Waals surface area contributed by atoms with Gasteiger partial charge in [-0.1, -0.05) is 30.3 Å². The van der Waals surface area contributed by atoms with Gasteiger partial charge in [-0.3, -0.25) is 0 Å². The van der Waals surface area contributed by atoms with Gasteiger partial charge in [0.05, 0.1) is 11.1 Å².